The smallest absolute Gasteiger partial charge is 0.194 e. The molecule has 0 aliphatic rings. The topological polar surface area (TPSA) is 54.7 Å². The standard InChI is InChI=1S/C15H17N3O/c1-4-14-18-10(3)13(19-14)6-11-8-17-15-12(11)5-9(2)7-16-15/h5,7-8H,4,6H2,1-3H3,(H,16,17). The highest BCUT2D eigenvalue weighted by Crippen LogP contribution is 2.22. The highest BCUT2D eigenvalue weighted by atomic mass is 16.4. The zero-order valence-electron chi connectivity index (χ0n) is 11.4. The molecule has 1 N–H and O–H groups in total. The van der Waals surface area contributed by atoms with E-state index >= 15 is 0 Å². The van der Waals surface area contributed by atoms with Gasteiger partial charge >= 0.3 is 0 Å². The molecule has 0 spiro atoms. The van der Waals surface area contributed by atoms with Crippen LogP contribution in [0, 0.1) is 13.8 Å². The van der Waals surface area contributed by atoms with Gasteiger partial charge in [-0.3, -0.25) is 0 Å². The lowest BCUT2D eigenvalue weighted by Gasteiger charge is -1.98. The van der Waals surface area contributed by atoms with Crippen molar-refractivity contribution < 1.29 is 4.42 Å². The van der Waals surface area contributed by atoms with Crippen LogP contribution < -0.4 is 0 Å². The van der Waals surface area contributed by atoms with Crippen LogP contribution >= 0.6 is 0 Å². The molecule has 0 unspecified atom stereocenters. The number of hydrogen-bond donors (Lipinski definition) is 1. The highest BCUT2D eigenvalue weighted by molar-refractivity contribution is 5.80. The largest absolute Gasteiger partial charge is 0.445 e. The minimum atomic E-state index is 0.754. The van der Waals surface area contributed by atoms with Crippen molar-refractivity contribution in [3.63, 3.8) is 0 Å². The number of fused-ring (bicyclic) bond motifs is 1. The summed E-state index contributed by atoms with van der Waals surface area (Å²) in [6.45, 7) is 6.10. The van der Waals surface area contributed by atoms with E-state index in [1.54, 1.807) is 0 Å². The first-order valence-corrected chi connectivity index (χ1v) is 6.55. The van der Waals surface area contributed by atoms with Gasteiger partial charge in [-0.25, -0.2) is 9.97 Å². The summed E-state index contributed by atoms with van der Waals surface area (Å²) in [6.07, 6.45) is 5.46. The van der Waals surface area contributed by atoms with Crippen molar-refractivity contribution >= 4 is 11.0 Å². The molecule has 98 valence electrons. The van der Waals surface area contributed by atoms with E-state index in [1.165, 1.54) is 5.56 Å². The molecule has 3 rings (SSSR count). The SMILES string of the molecule is CCc1nc(C)c(Cc2c[nH]c3ncc(C)cc23)o1. The van der Waals surface area contributed by atoms with Gasteiger partial charge in [-0.15, -0.1) is 0 Å². The number of hydrogen-bond acceptors (Lipinski definition) is 3. The van der Waals surface area contributed by atoms with Crippen LogP contribution in [-0.4, -0.2) is 15.0 Å². The maximum atomic E-state index is 5.77. The molecule has 4 heteroatoms. The second-order valence-electron chi connectivity index (χ2n) is 4.87. The third-order valence-corrected chi connectivity index (χ3v) is 3.34. The zero-order valence-corrected chi connectivity index (χ0v) is 11.4. The summed E-state index contributed by atoms with van der Waals surface area (Å²) in [7, 11) is 0. The lowest BCUT2D eigenvalue weighted by atomic mass is 10.1. The van der Waals surface area contributed by atoms with Crippen LogP contribution in [0.25, 0.3) is 11.0 Å². The molecule has 0 bridgehead atoms. The molecule has 0 aliphatic heterocycles. The number of nitrogens with one attached hydrogen (secondary N) is 1. The van der Waals surface area contributed by atoms with Gasteiger partial charge in [0, 0.05) is 30.6 Å². The van der Waals surface area contributed by atoms with Gasteiger partial charge in [0.05, 0.1) is 5.69 Å². The van der Waals surface area contributed by atoms with Gasteiger partial charge in [-0.2, -0.15) is 0 Å². The second-order valence-corrected chi connectivity index (χ2v) is 4.87. The third-order valence-electron chi connectivity index (χ3n) is 3.34. The zero-order chi connectivity index (χ0) is 13.4. The van der Waals surface area contributed by atoms with Crippen LogP contribution in [0.1, 0.15) is 35.4 Å². The van der Waals surface area contributed by atoms with E-state index in [4.69, 9.17) is 4.42 Å². The summed E-state index contributed by atoms with van der Waals surface area (Å²) in [4.78, 5) is 12.0. The maximum Gasteiger partial charge on any atom is 0.194 e. The summed E-state index contributed by atoms with van der Waals surface area (Å²) in [5.41, 5.74) is 4.27. The molecular formula is C15H17N3O. The number of aromatic amines is 1. The van der Waals surface area contributed by atoms with Crippen LogP contribution in [0.3, 0.4) is 0 Å². The van der Waals surface area contributed by atoms with E-state index in [9.17, 15) is 0 Å². The fraction of sp³-hybridized carbons (Fsp3) is 0.333. The fourth-order valence-electron chi connectivity index (χ4n) is 2.28. The Morgan fingerprint density at radius 3 is 2.89 bits per heavy atom. The average Bonchev–Trinajstić information content (AvgIpc) is 2.95. The highest BCUT2D eigenvalue weighted by Gasteiger charge is 2.12. The first-order valence-electron chi connectivity index (χ1n) is 6.55. The normalized spacial score (nSPS) is 11.3. The van der Waals surface area contributed by atoms with Crippen molar-refractivity contribution in [2.45, 2.75) is 33.6 Å². The number of nitrogens with zero attached hydrogens (tertiary/aromatic N) is 2. The minimum Gasteiger partial charge on any atom is -0.445 e. The molecule has 3 aromatic rings. The lowest BCUT2D eigenvalue weighted by Crippen LogP contribution is -1.88. The van der Waals surface area contributed by atoms with Crippen LogP contribution in [-0.2, 0) is 12.8 Å². The predicted octanol–water partition coefficient (Wildman–Crippen LogP) is 3.32. The molecule has 0 aromatic carbocycles. The number of oxazole rings is 1. The maximum absolute atomic E-state index is 5.77. The van der Waals surface area contributed by atoms with Crippen molar-refractivity contribution in [1.82, 2.24) is 15.0 Å². The van der Waals surface area contributed by atoms with E-state index in [-0.39, 0.29) is 0 Å². The van der Waals surface area contributed by atoms with E-state index in [1.807, 2.05) is 26.2 Å². The van der Waals surface area contributed by atoms with Gasteiger partial charge in [-0.05, 0) is 31.0 Å². The van der Waals surface area contributed by atoms with Crippen molar-refractivity contribution in [3.8, 4) is 0 Å². The van der Waals surface area contributed by atoms with Crippen molar-refractivity contribution in [2.24, 2.45) is 0 Å². The van der Waals surface area contributed by atoms with Gasteiger partial charge in [0.15, 0.2) is 5.89 Å². The Morgan fingerprint density at radius 2 is 2.16 bits per heavy atom. The van der Waals surface area contributed by atoms with E-state index in [0.29, 0.717) is 0 Å². The molecule has 0 amide bonds. The summed E-state index contributed by atoms with van der Waals surface area (Å²) in [6, 6.07) is 2.15. The van der Waals surface area contributed by atoms with Crippen LogP contribution in [0.4, 0.5) is 0 Å². The molecule has 0 radical (unpaired) electrons. The van der Waals surface area contributed by atoms with E-state index in [2.05, 4.69) is 27.9 Å². The van der Waals surface area contributed by atoms with Crippen molar-refractivity contribution in [1.29, 1.82) is 0 Å². The minimum absolute atomic E-state index is 0.754. The summed E-state index contributed by atoms with van der Waals surface area (Å²) in [5.74, 6) is 1.75. The first-order chi connectivity index (χ1) is 9.17. The number of aromatic nitrogens is 3. The van der Waals surface area contributed by atoms with Gasteiger partial charge in [-0.1, -0.05) is 6.92 Å². The number of aryl methyl sites for hydroxylation is 3. The molecular weight excluding hydrogens is 238 g/mol. The Morgan fingerprint density at radius 1 is 1.32 bits per heavy atom. The van der Waals surface area contributed by atoms with Crippen LogP contribution in [0.15, 0.2) is 22.9 Å². The molecule has 0 saturated carbocycles. The fourth-order valence-corrected chi connectivity index (χ4v) is 2.28. The Kier molecular flexibility index (Phi) is 2.85. The summed E-state index contributed by atoms with van der Waals surface area (Å²) >= 11 is 0. The first kappa shape index (κ1) is 12.0. The molecule has 3 heterocycles. The molecule has 0 atom stereocenters. The molecule has 0 aliphatic carbocycles. The molecule has 0 saturated heterocycles. The Bertz CT molecular complexity index is 724. The predicted molar refractivity (Wildman–Crippen MR) is 74.3 cm³/mol. The third kappa shape index (κ3) is 2.14. The van der Waals surface area contributed by atoms with Crippen LogP contribution in [0.2, 0.25) is 0 Å². The van der Waals surface area contributed by atoms with Crippen molar-refractivity contribution in [2.75, 3.05) is 0 Å². The molecule has 0 fully saturated rings. The van der Waals surface area contributed by atoms with E-state index in [0.717, 1.165) is 46.8 Å². The Balaban J connectivity index is 2.00. The van der Waals surface area contributed by atoms with Gasteiger partial charge in [0.2, 0.25) is 0 Å². The monoisotopic (exact) mass is 255 g/mol. The summed E-state index contributed by atoms with van der Waals surface area (Å²) < 4.78 is 5.77. The van der Waals surface area contributed by atoms with E-state index < -0.39 is 0 Å². The average molecular weight is 255 g/mol. The molecule has 4 nitrogen and oxygen atoms in total. The van der Waals surface area contributed by atoms with Crippen LogP contribution in [0.5, 0.6) is 0 Å². The summed E-state index contributed by atoms with van der Waals surface area (Å²) in [5, 5.41) is 1.16. The Hall–Kier alpha value is -2.10. The quantitative estimate of drug-likeness (QED) is 0.781. The molecule has 3 aromatic heterocycles. The van der Waals surface area contributed by atoms with Gasteiger partial charge in [0.25, 0.3) is 0 Å². The Labute approximate surface area is 111 Å². The second kappa shape index (κ2) is 4.53. The number of H-pyrrole nitrogens is 1. The molecule has 19 heavy (non-hydrogen) atoms. The van der Waals surface area contributed by atoms with Gasteiger partial charge < -0.3 is 9.40 Å². The number of pyridine rings is 1. The van der Waals surface area contributed by atoms with Gasteiger partial charge in [0.1, 0.15) is 11.4 Å². The van der Waals surface area contributed by atoms with Crippen molar-refractivity contribution in [3.05, 3.63) is 46.9 Å². The lowest BCUT2D eigenvalue weighted by molar-refractivity contribution is 0.467. The number of rotatable bonds is 3.